The third-order valence-corrected chi connectivity index (χ3v) is 3.89. The van der Waals surface area contributed by atoms with Gasteiger partial charge in [-0.3, -0.25) is 0 Å². The van der Waals surface area contributed by atoms with Crippen molar-refractivity contribution in [3.8, 4) is 0 Å². The number of halogens is 1. The zero-order valence-electron chi connectivity index (χ0n) is 11.7. The summed E-state index contributed by atoms with van der Waals surface area (Å²) in [5, 5.41) is 3.20. The minimum absolute atomic E-state index is 0.154. The van der Waals surface area contributed by atoms with Crippen LogP contribution in [0.4, 0.5) is 10.1 Å². The van der Waals surface area contributed by atoms with Gasteiger partial charge < -0.3 is 10.2 Å². The lowest BCUT2D eigenvalue weighted by atomic mass is 10.1. The molecule has 0 fully saturated rings. The van der Waals surface area contributed by atoms with Crippen molar-refractivity contribution in [2.24, 2.45) is 0 Å². The summed E-state index contributed by atoms with van der Waals surface area (Å²) < 4.78 is 13.4. The van der Waals surface area contributed by atoms with Crippen molar-refractivity contribution in [1.82, 2.24) is 5.32 Å². The summed E-state index contributed by atoms with van der Waals surface area (Å²) in [5.74, 6) is -0.154. The first-order valence-corrected chi connectivity index (χ1v) is 7.02. The Bertz CT molecular complexity index is 610. The Kier molecular flexibility index (Phi) is 3.70. The van der Waals surface area contributed by atoms with Crippen LogP contribution in [0.3, 0.4) is 0 Å². The van der Waals surface area contributed by atoms with Crippen LogP contribution in [0, 0.1) is 5.82 Å². The summed E-state index contributed by atoms with van der Waals surface area (Å²) in [4.78, 5) is 2.27. The molecule has 0 atom stereocenters. The summed E-state index contributed by atoms with van der Waals surface area (Å²) in [6.07, 6.45) is 1.00. The van der Waals surface area contributed by atoms with Crippen molar-refractivity contribution in [3.05, 3.63) is 65.0 Å². The predicted molar refractivity (Wildman–Crippen MR) is 80.4 cm³/mol. The Morgan fingerprint density at radius 3 is 2.75 bits per heavy atom. The smallest absolute Gasteiger partial charge is 0.125 e. The molecule has 3 heteroatoms. The van der Waals surface area contributed by atoms with Gasteiger partial charge in [0, 0.05) is 25.3 Å². The molecule has 1 aliphatic heterocycles. The van der Waals surface area contributed by atoms with Crippen LogP contribution in [0.25, 0.3) is 0 Å². The van der Waals surface area contributed by atoms with E-state index in [2.05, 4.69) is 34.5 Å². The van der Waals surface area contributed by atoms with E-state index in [9.17, 15) is 4.39 Å². The van der Waals surface area contributed by atoms with Gasteiger partial charge in [-0.2, -0.15) is 0 Å². The van der Waals surface area contributed by atoms with Gasteiger partial charge >= 0.3 is 0 Å². The van der Waals surface area contributed by atoms with Gasteiger partial charge in [0.25, 0.3) is 0 Å². The SMILES string of the molecule is CNCc1ccccc1CN1CCc2ccc(F)cc21. The van der Waals surface area contributed by atoms with Crippen molar-refractivity contribution in [2.75, 3.05) is 18.5 Å². The maximum absolute atomic E-state index is 13.4. The topological polar surface area (TPSA) is 15.3 Å². The Morgan fingerprint density at radius 2 is 1.95 bits per heavy atom. The number of fused-ring (bicyclic) bond motifs is 1. The van der Waals surface area contributed by atoms with E-state index in [1.165, 1.54) is 16.7 Å². The Morgan fingerprint density at radius 1 is 1.15 bits per heavy atom. The van der Waals surface area contributed by atoms with Crippen molar-refractivity contribution < 1.29 is 4.39 Å². The predicted octanol–water partition coefficient (Wildman–Crippen LogP) is 3.11. The molecule has 0 saturated carbocycles. The van der Waals surface area contributed by atoms with Crippen LogP contribution in [0.1, 0.15) is 16.7 Å². The number of anilines is 1. The Balaban J connectivity index is 1.85. The first kappa shape index (κ1) is 13.1. The molecule has 0 aliphatic carbocycles. The fourth-order valence-corrected chi connectivity index (χ4v) is 2.86. The minimum Gasteiger partial charge on any atom is -0.367 e. The van der Waals surface area contributed by atoms with E-state index < -0.39 is 0 Å². The van der Waals surface area contributed by atoms with Crippen LogP contribution >= 0.6 is 0 Å². The summed E-state index contributed by atoms with van der Waals surface area (Å²) in [6, 6.07) is 13.5. The van der Waals surface area contributed by atoms with Gasteiger partial charge in [-0.1, -0.05) is 30.3 Å². The van der Waals surface area contributed by atoms with Crippen molar-refractivity contribution in [1.29, 1.82) is 0 Å². The molecule has 0 bridgehead atoms. The average molecular weight is 270 g/mol. The van der Waals surface area contributed by atoms with Crippen LogP contribution in [0.15, 0.2) is 42.5 Å². The van der Waals surface area contributed by atoms with Gasteiger partial charge in [-0.15, -0.1) is 0 Å². The Hall–Kier alpha value is -1.87. The molecule has 2 aromatic carbocycles. The van der Waals surface area contributed by atoms with Crippen LogP contribution in [-0.2, 0) is 19.5 Å². The first-order valence-electron chi connectivity index (χ1n) is 7.02. The number of hydrogen-bond acceptors (Lipinski definition) is 2. The number of rotatable bonds is 4. The number of nitrogens with zero attached hydrogens (tertiary/aromatic N) is 1. The lowest BCUT2D eigenvalue weighted by Gasteiger charge is -2.21. The largest absolute Gasteiger partial charge is 0.367 e. The van der Waals surface area contributed by atoms with Crippen LogP contribution in [0.5, 0.6) is 0 Å². The molecule has 2 nitrogen and oxygen atoms in total. The number of hydrogen-bond donors (Lipinski definition) is 1. The lowest BCUT2D eigenvalue weighted by molar-refractivity contribution is 0.627. The van der Waals surface area contributed by atoms with Crippen LogP contribution < -0.4 is 10.2 Å². The summed E-state index contributed by atoms with van der Waals surface area (Å²) in [6.45, 7) is 2.67. The fourth-order valence-electron chi connectivity index (χ4n) is 2.86. The van der Waals surface area contributed by atoms with Gasteiger partial charge in [-0.05, 0) is 42.3 Å². The lowest BCUT2D eigenvalue weighted by Crippen LogP contribution is -2.21. The Labute approximate surface area is 119 Å². The fraction of sp³-hybridized carbons (Fsp3) is 0.294. The minimum atomic E-state index is -0.154. The summed E-state index contributed by atoms with van der Waals surface area (Å²) >= 11 is 0. The average Bonchev–Trinajstić information content (AvgIpc) is 2.84. The first-order chi connectivity index (χ1) is 9.78. The van der Waals surface area contributed by atoms with E-state index in [0.29, 0.717) is 0 Å². The normalized spacial score (nSPS) is 13.6. The molecule has 1 heterocycles. The van der Waals surface area contributed by atoms with Gasteiger partial charge in [0.1, 0.15) is 5.82 Å². The molecule has 1 N–H and O–H groups in total. The quantitative estimate of drug-likeness (QED) is 0.918. The number of nitrogens with one attached hydrogen (secondary N) is 1. The molecular formula is C17H19FN2. The monoisotopic (exact) mass is 270 g/mol. The molecule has 0 unspecified atom stereocenters. The van der Waals surface area contributed by atoms with Crippen molar-refractivity contribution in [3.63, 3.8) is 0 Å². The standard InChI is InChI=1S/C17H19FN2/c1-19-11-14-4-2-3-5-15(14)12-20-9-8-13-6-7-16(18)10-17(13)20/h2-7,10,19H,8-9,11-12H2,1H3. The molecule has 20 heavy (non-hydrogen) atoms. The number of benzene rings is 2. The zero-order chi connectivity index (χ0) is 13.9. The van der Waals surface area contributed by atoms with E-state index in [1.54, 1.807) is 12.1 Å². The molecule has 1 aliphatic rings. The summed E-state index contributed by atoms with van der Waals surface area (Å²) in [5.41, 5.74) is 4.90. The summed E-state index contributed by atoms with van der Waals surface area (Å²) in [7, 11) is 1.96. The van der Waals surface area contributed by atoms with E-state index in [1.807, 2.05) is 13.1 Å². The van der Waals surface area contributed by atoms with Gasteiger partial charge in [0.2, 0.25) is 0 Å². The molecule has 2 aromatic rings. The maximum Gasteiger partial charge on any atom is 0.125 e. The highest BCUT2D eigenvalue weighted by molar-refractivity contribution is 5.58. The van der Waals surface area contributed by atoms with Crippen molar-refractivity contribution >= 4 is 5.69 Å². The highest BCUT2D eigenvalue weighted by atomic mass is 19.1. The van der Waals surface area contributed by atoms with E-state index in [0.717, 1.165) is 31.7 Å². The highest BCUT2D eigenvalue weighted by Gasteiger charge is 2.20. The molecule has 3 rings (SSSR count). The third kappa shape index (κ3) is 2.54. The highest BCUT2D eigenvalue weighted by Crippen LogP contribution is 2.30. The second-order valence-corrected chi connectivity index (χ2v) is 5.24. The molecule has 104 valence electrons. The maximum atomic E-state index is 13.4. The van der Waals surface area contributed by atoms with E-state index in [-0.39, 0.29) is 5.82 Å². The van der Waals surface area contributed by atoms with E-state index >= 15 is 0 Å². The van der Waals surface area contributed by atoms with Crippen LogP contribution in [-0.4, -0.2) is 13.6 Å². The zero-order valence-corrected chi connectivity index (χ0v) is 11.7. The van der Waals surface area contributed by atoms with Gasteiger partial charge in [0.15, 0.2) is 0 Å². The molecule has 0 aromatic heterocycles. The molecule has 0 radical (unpaired) electrons. The molecule has 0 spiro atoms. The molecular weight excluding hydrogens is 251 g/mol. The second-order valence-electron chi connectivity index (χ2n) is 5.24. The van der Waals surface area contributed by atoms with Crippen molar-refractivity contribution in [2.45, 2.75) is 19.5 Å². The van der Waals surface area contributed by atoms with Crippen LogP contribution in [0.2, 0.25) is 0 Å². The van der Waals surface area contributed by atoms with Gasteiger partial charge in [-0.25, -0.2) is 4.39 Å². The van der Waals surface area contributed by atoms with Gasteiger partial charge in [0.05, 0.1) is 0 Å². The molecule has 0 amide bonds. The third-order valence-electron chi connectivity index (χ3n) is 3.89. The van der Waals surface area contributed by atoms with E-state index in [4.69, 9.17) is 0 Å². The molecule has 0 saturated heterocycles. The second kappa shape index (κ2) is 5.63.